The fourth-order valence-corrected chi connectivity index (χ4v) is 2.17. The van der Waals surface area contributed by atoms with Crippen LogP contribution in [-0.4, -0.2) is 18.5 Å². The van der Waals surface area contributed by atoms with E-state index in [0.29, 0.717) is 12.5 Å². The highest BCUT2D eigenvalue weighted by Gasteiger charge is 2.18. The number of nitrogens with one attached hydrogen (secondary N) is 1. The summed E-state index contributed by atoms with van der Waals surface area (Å²) in [6, 6.07) is 0.622. The van der Waals surface area contributed by atoms with Crippen molar-refractivity contribution in [2.45, 2.75) is 51.5 Å². The number of hydrogen-bond donors (Lipinski definition) is 2. The molecule has 0 radical (unpaired) electrons. The summed E-state index contributed by atoms with van der Waals surface area (Å²) in [4.78, 5) is 10.5. The van der Waals surface area contributed by atoms with Gasteiger partial charge in [-0.05, 0) is 31.6 Å². The number of primary amides is 1. The first-order chi connectivity index (χ1) is 6.72. The molecule has 82 valence electrons. The summed E-state index contributed by atoms with van der Waals surface area (Å²) >= 11 is 0. The minimum Gasteiger partial charge on any atom is -0.370 e. The van der Waals surface area contributed by atoms with Crippen LogP contribution in [0.1, 0.15) is 45.4 Å². The smallest absolute Gasteiger partial charge is 0.218 e. The molecule has 3 N–H and O–H groups in total. The van der Waals surface area contributed by atoms with Crippen molar-refractivity contribution in [2.24, 2.45) is 11.7 Å². The Hall–Kier alpha value is -0.570. The predicted octanol–water partition coefficient (Wildman–Crippen LogP) is 1.42. The van der Waals surface area contributed by atoms with Gasteiger partial charge < -0.3 is 11.1 Å². The van der Waals surface area contributed by atoms with E-state index in [0.717, 1.165) is 12.5 Å². The second-order valence-electron chi connectivity index (χ2n) is 4.30. The van der Waals surface area contributed by atoms with Gasteiger partial charge in [-0.1, -0.05) is 13.3 Å². The van der Waals surface area contributed by atoms with Crippen LogP contribution in [0.4, 0.5) is 0 Å². The van der Waals surface area contributed by atoms with E-state index in [4.69, 9.17) is 5.73 Å². The molecule has 0 aromatic heterocycles. The molecule has 0 unspecified atom stereocenters. The number of amides is 1. The average Bonchev–Trinajstić information content (AvgIpc) is 2.18. The first-order valence-electron chi connectivity index (χ1n) is 5.74. The van der Waals surface area contributed by atoms with Crippen LogP contribution in [0.25, 0.3) is 0 Å². The minimum absolute atomic E-state index is 0.209. The van der Waals surface area contributed by atoms with Crippen LogP contribution in [0, 0.1) is 5.92 Å². The van der Waals surface area contributed by atoms with Crippen LogP contribution in [-0.2, 0) is 4.79 Å². The summed E-state index contributed by atoms with van der Waals surface area (Å²) in [5, 5.41) is 3.40. The van der Waals surface area contributed by atoms with Crippen molar-refractivity contribution in [3.8, 4) is 0 Å². The van der Waals surface area contributed by atoms with Gasteiger partial charge in [0.05, 0.1) is 0 Å². The highest BCUT2D eigenvalue weighted by atomic mass is 16.1. The Bertz CT molecular complexity index is 174. The molecular weight excluding hydrogens is 176 g/mol. The molecule has 0 saturated heterocycles. The molecule has 1 aliphatic rings. The Kier molecular flexibility index (Phi) is 4.94. The van der Waals surface area contributed by atoms with Crippen molar-refractivity contribution in [3.05, 3.63) is 0 Å². The van der Waals surface area contributed by atoms with Crippen LogP contribution < -0.4 is 11.1 Å². The zero-order chi connectivity index (χ0) is 10.4. The van der Waals surface area contributed by atoms with Gasteiger partial charge in [0, 0.05) is 19.0 Å². The largest absolute Gasteiger partial charge is 0.370 e. The quantitative estimate of drug-likeness (QED) is 0.702. The molecule has 1 rings (SSSR count). The Balaban J connectivity index is 2.07. The topological polar surface area (TPSA) is 55.1 Å². The summed E-state index contributed by atoms with van der Waals surface area (Å²) in [5.41, 5.74) is 5.07. The molecule has 3 nitrogen and oxygen atoms in total. The van der Waals surface area contributed by atoms with Gasteiger partial charge in [0.15, 0.2) is 0 Å². The minimum atomic E-state index is -0.209. The van der Waals surface area contributed by atoms with Gasteiger partial charge in [-0.25, -0.2) is 0 Å². The van der Waals surface area contributed by atoms with Crippen LogP contribution in [0.3, 0.4) is 0 Å². The van der Waals surface area contributed by atoms with Crippen LogP contribution >= 0.6 is 0 Å². The second kappa shape index (κ2) is 6.02. The normalized spacial score (nSPS) is 27.5. The maximum Gasteiger partial charge on any atom is 0.218 e. The third kappa shape index (κ3) is 4.09. The molecule has 0 aliphatic heterocycles. The first-order valence-corrected chi connectivity index (χ1v) is 5.74. The number of rotatable bonds is 5. The molecule has 3 heteroatoms. The Morgan fingerprint density at radius 2 is 2.00 bits per heavy atom. The third-order valence-corrected chi connectivity index (χ3v) is 3.23. The lowest BCUT2D eigenvalue weighted by Gasteiger charge is -2.28. The maximum absolute atomic E-state index is 10.5. The molecule has 1 aliphatic carbocycles. The SMILES string of the molecule is CCC1CCC(NCCC(N)=O)CC1. The molecule has 1 fully saturated rings. The van der Waals surface area contributed by atoms with Gasteiger partial charge >= 0.3 is 0 Å². The predicted molar refractivity (Wildman–Crippen MR) is 57.9 cm³/mol. The fraction of sp³-hybridized carbons (Fsp3) is 0.909. The Labute approximate surface area is 86.4 Å². The lowest BCUT2D eigenvalue weighted by Crippen LogP contribution is -2.35. The van der Waals surface area contributed by atoms with E-state index in [1.807, 2.05) is 0 Å². The van der Waals surface area contributed by atoms with Crippen molar-refractivity contribution >= 4 is 5.91 Å². The Morgan fingerprint density at radius 1 is 1.36 bits per heavy atom. The molecular formula is C11H22N2O. The summed E-state index contributed by atoms with van der Waals surface area (Å²) in [5.74, 6) is 0.726. The maximum atomic E-state index is 10.5. The Morgan fingerprint density at radius 3 is 2.50 bits per heavy atom. The fourth-order valence-electron chi connectivity index (χ4n) is 2.17. The van der Waals surface area contributed by atoms with E-state index >= 15 is 0 Å². The van der Waals surface area contributed by atoms with E-state index < -0.39 is 0 Å². The molecule has 0 atom stereocenters. The van der Waals surface area contributed by atoms with Crippen molar-refractivity contribution in [1.29, 1.82) is 0 Å². The van der Waals surface area contributed by atoms with E-state index in [1.165, 1.54) is 32.1 Å². The van der Waals surface area contributed by atoms with Crippen molar-refractivity contribution in [1.82, 2.24) is 5.32 Å². The zero-order valence-electron chi connectivity index (χ0n) is 9.09. The van der Waals surface area contributed by atoms with Gasteiger partial charge in [0.25, 0.3) is 0 Å². The summed E-state index contributed by atoms with van der Waals surface area (Å²) in [6.07, 6.45) is 6.98. The van der Waals surface area contributed by atoms with Gasteiger partial charge in [-0.3, -0.25) is 4.79 Å². The monoisotopic (exact) mass is 198 g/mol. The molecule has 0 aromatic rings. The average molecular weight is 198 g/mol. The lowest BCUT2D eigenvalue weighted by atomic mass is 9.84. The van der Waals surface area contributed by atoms with Gasteiger partial charge in [-0.2, -0.15) is 0 Å². The number of nitrogens with two attached hydrogens (primary N) is 1. The van der Waals surface area contributed by atoms with E-state index in [2.05, 4.69) is 12.2 Å². The van der Waals surface area contributed by atoms with Crippen molar-refractivity contribution in [2.75, 3.05) is 6.54 Å². The molecule has 14 heavy (non-hydrogen) atoms. The van der Waals surface area contributed by atoms with Crippen molar-refractivity contribution in [3.63, 3.8) is 0 Å². The summed E-state index contributed by atoms with van der Waals surface area (Å²) < 4.78 is 0. The highest BCUT2D eigenvalue weighted by molar-refractivity contribution is 5.73. The number of carbonyl (C=O) groups is 1. The summed E-state index contributed by atoms with van der Waals surface area (Å²) in [7, 11) is 0. The van der Waals surface area contributed by atoms with E-state index in [-0.39, 0.29) is 5.91 Å². The van der Waals surface area contributed by atoms with Gasteiger partial charge in [-0.15, -0.1) is 0 Å². The number of hydrogen-bond acceptors (Lipinski definition) is 2. The van der Waals surface area contributed by atoms with E-state index in [1.54, 1.807) is 0 Å². The lowest BCUT2D eigenvalue weighted by molar-refractivity contribution is -0.117. The van der Waals surface area contributed by atoms with Crippen LogP contribution in [0.5, 0.6) is 0 Å². The number of carbonyl (C=O) groups excluding carboxylic acids is 1. The van der Waals surface area contributed by atoms with Crippen LogP contribution in [0.2, 0.25) is 0 Å². The molecule has 0 aromatic carbocycles. The molecule has 0 spiro atoms. The standard InChI is InChI=1S/C11H22N2O/c1-2-9-3-5-10(6-4-9)13-8-7-11(12)14/h9-10,13H,2-8H2,1H3,(H2,12,14). The molecule has 1 amide bonds. The van der Waals surface area contributed by atoms with E-state index in [9.17, 15) is 4.79 Å². The van der Waals surface area contributed by atoms with Crippen molar-refractivity contribution < 1.29 is 4.79 Å². The first kappa shape index (κ1) is 11.5. The van der Waals surface area contributed by atoms with Gasteiger partial charge in [0.1, 0.15) is 0 Å². The third-order valence-electron chi connectivity index (χ3n) is 3.23. The molecule has 1 saturated carbocycles. The van der Waals surface area contributed by atoms with Gasteiger partial charge in [0.2, 0.25) is 5.91 Å². The second-order valence-corrected chi connectivity index (χ2v) is 4.30. The van der Waals surface area contributed by atoms with Crippen LogP contribution in [0.15, 0.2) is 0 Å². The molecule has 0 heterocycles. The highest BCUT2D eigenvalue weighted by Crippen LogP contribution is 2.26. The molecule has 0 bridgehead atoms. The summed E-state index contributed by atoms with van der Waals surface area (Å²) in [6.45, 7) is 3.02. The zero-order valence-corrected chi connectivity index (χ0v) is 9.09.